The average molecular weight is 500 g/mol. The number of rotatable bonds is 8. The van der Waals surface area contributed by atoms with Gasteiger partial charge in [-0.3, -0.25) is 4.79 Å². The number of benzene rings is 2. The molecule has 2 heterocycles. The Bertz CT molecular complexity index is 1280. The molecule has 0 unspecified atom stereocenters. The maximum absolute atomic E-state index is 13.4. The molecule has 1 aliphatic heterocycles. The van der Waals surface area contributed by atoms with E-state index >= 15 is 0 Å². The maximum atomic E-state index is 13.4. The quantitative estimate of drug-likeness (QED) is 0.490. The number of sulfonamides is 1. The van der Waals surface area contributed by atoms with Gasteiger partial charge in [-0.25, -0.2) is 8.42 Å². The van der Waals surface area contributed by atoms with Gasteiger partial charge in [0, 0.05) is 30.2 Å². The number of carbonyl (C=O) groups excluding carboxylic acids is 1. The van der Waals surface area contributed by atoms with E-state index in [1.165, 1.54) is 24.8 Å². The zero-order chi connectivity index (χ0) is 25.2. The fourth-order valence-electron chi connectivity index (χ4n) is 4.66. The fourth-order valence-corrected chi connectivity index (χ4v) is 5.99. The average Bonchev–Trinajstić information content (AvgIpc) is 3.30. The second kappa shape index (κ2) is 10.3. The molecule has 4 rings (SSSR count). The van der Waals surface area contributed by atoms with Crippen LogP contribution in [0, 0.1) is 5.92 Å². The number of nitrogens with zero attached hydrogens (tertiary/aromatic N) is 1. The molecule has 0 saturated carbocycles. The third-order valence-electron chi connectivity index (χ3n) is 6.75. The second-order valence-corrected chi connectivity index (χ2v) is 11.0. The SMILES string of the molecule is COc1ccc(S(=O)(=O)N[C@H](C(=O)N2CCC(c3c[nH]c4ccc(OC)cc34)CC2)C(C)C)cc1. The van der Waals surface area contributed by atoms with E-state index in [0.717, 1.165) is 29.5 Å². The summed E-state index contributed by atoms with van der Waals surface area (Å²) in [5, 5.41) is 1.14. The van der Waals surface area contributed by atoms with Crippen molar-refractivity contribution in [3.63, 3.8) is 0 Å². The number of nitrogens with one attached hydrogen (secondary N) is 2. The molecule has 1 amide bonds. The number of ether oxygens (including phenoxy) is 2. The van der Waals surface area contributed by atoms with Gasteiger partial charge in [0.2, 0.25) is 15.9 Å². The third-order valence-corrected chi connectivity index (χ3v) is 8.21. The van der Waals surface area contributed by atoms with Crippen LogP contribution >= 0.6 is 0 Å². The van der Waals surface area contributed by atoms with Gasteiger partial charge in [0.25, 0.3) is 0 Å². The normalized spacial score (nSPS) is 16.0. The summed E-state index contributed by atoms with van der Waals surface area (Å²) in [6.07, 6.45) is 3.67. The number of carbonyl (C=O) groups is 1. The lowest BCUT2D eigenvalue weighted by Crippen LogP contribution is -2.52. The predicted octanol–water partition coefficient (Wildman–Crippen LogP) is 3.89. The zero-order valence-electron chi connectivity index (χ0n) is 20.6. The van der Waals surface area contributed by atoms with Crippen LogP contribution in [0.2, 0.25) is 0 Å². The Hall–Kier alpha value is -3.04. The highest BCUT2D eigenvalue weighted by Crippen LogP contribution is 2.35. The van der Waals surface area contributed by atoms with Crippen molar-refractivity contribution in [2.45, 2.75) is 43.5 Å². The summed E-state index contributed by atoms with van der Waals surface area (Å²) in [5.41, 5.74) is 2.29. The van der Waals surface area contributed by atoms with Gasteiger partial charge in [-0.2, -0.15) is 4.72 Å². The first-order chi connectivity index (χ1) is 16.7. The molecular weight excluding hydrogens is 466 g/mol. The van der Waals surface area contributed by atoms with E-state index in [4.69, 9.17) is 9.47 Å². The minimum absolute atomic E-state index is 0.102. The Morgan fingerprint density at radius 2 is 1.66 bits per heavy atom. The number of aromatic nitrogens is 1. The molecule has 0 radical (unpaired) electrons. The largest absolute Gasteiger partial charge is 0.497 e. The van der Waals surface area contributed by atoms with E-state index in [1.54, 1.807) is 24.1 Å². The number of fused-ring (bicyclic) bond motifs is 1. The number of aromatic amines is 1. The van der Waals surface area contributed by atoms with E-state index in [0.29, 0.717) is 24.8 Å². The van der Waals surface area contributed by atoms with Crippen molar-refractivity contribution < 1.29 is 22.7 Å². The minimum Gasteiger partial charge on any atom is -0.497 e. The van der Waals surface area contributed by atoms with Gasteiger partial charge in [-0.05, 0) is 72.7 Å². The van der Waals surface area contributed by atoms with Gasteiger partial charge >= 0.3 is 0 Å². The van der Waals surface area contributed by atoms with Crippen LogP contribution in [0.4, 0.5) is 0 Å². The molecule has 0 aliphatic carbocycles. The summed E-state index contributed by atoms with van der Waals surface area (Å²) in [5.74, 6) is 1.31. The molecule has 188 valence electrons. The van der Waals surface area contributed by atoms with Gasteiger partial charge < -0.3 is 19.4 Å². The molecule has 1 aromatic heterocycles. The summed E-state index contributed by atoms with van der Waals surface area (Å²) >= 11 is 0. The van der Waals surface area contributed by atoms with E-state index in [1.807, 2.05) is 38.2 Å². The molecule has 0 spiro atoms. The van der Waals surface area contributed by atoms with Crippen molar-refractivity contribution in [2.24, 2.45) is 5.92 Å². The van der Waals surface area contributed by atoms with Crippen LogP contribution in [0.1, 0.15) is 38.2 Å². The van der Waals surface area contributed by atoms with Crippen molar-refractivity contribution in [2.75, 3.05) is 27.3 Å². The second-order valence-electron chi connectivity index (χ2n) is 9.27. The van der Waals surface area contributed by atoms with Crippen LogP contribution in [0.3, 0.4) is 0 Å². The number of hydrogen-bond acceptors (Lipinski definition) is 5. The van der Waals surface area contributed by atoms with Crippen LogP contribution in [-0.2, 0) is 14.8 Å². The zero-order valence-corrected chi connectivity index (χ0v) is 21.4. The number of methoxy groups -OCH3 is 2. The molecule has 1 fully saturated rings. The van der Waals surface area contributed by atoms with Crippen molar-refractivity contribution in [3.8, 4) is 11.5 Å². The van der Waals surface area contributed by atoms with Gasteiger partial charge in [0.1, 0.15) is 17.5 Å². The van der Waals surface area contributed by atoms with Crippen LogP contribution in [0.25, 0.3) is 10.9 Å². The van der Waals surface area contributed by atoms with Gasteiger partial charge in [0.05, 0.1) is 19.1 Å². The molecule has 8 nitrogen and oxygen atoms in total. The maximum Gasteiger partial charge on any atom is 0.241 e. The monoisotopic (exact) mass is 499 g/mol. The van der Waals surface area contributed by atoms with E-state index in [-0.39, 0.29) is 16.7 Å². The first-order valence-corrected chi connectivity index (χ1v) is 13.3. The van der Waals surface area contributed by atoms with Crippen molar-refractivity contribution >= 4 is 26.8 Å². The molecule has 0 bridgehead atoms. The summed E-state index contributed by atoms with van der Waals surface area (Å²) in [6, 6.07) is 11.3. The Morgan fingerprint density at radius 1 is 1.03 bits per heavy atom. The molecular formula is C26H33N3O5S. The first-order valence-electron chi connectivity index (χ1n) is 11.8. The summed E-state index contributed by atoms with van der Waals surface area (Å²) in [4.78, 5) is 18.6. The Balaban J connectivity index is 1.45. The molecule has 9 heteroatoms. The molecule has 35 heavy (non-hydrogen) atoms. The Kier molecular flexibility index (Phi) is 7.37. The van der Waals surface area contributed by atoms with E-state index < -0.39 is 16.1 Å². The van der Waals surface area contributed by atoms with E-state index in [2.05, 4.69) is 9.71 Å². The number of piperidine rings is 1. The summed E-state index contributed by atoms with van der Waals surface area (Å²) in [6.45, 7) is 4.86. The standard InChI is InChI=1S/C26H33N3O5S/c1-17(2)25(28-35(31,32)21-8-5-19(33-3)6-9-21)26(30)29-13-11-18(12-14-29)23-16-27-24-10-7-20(34-4)15-22(23)24/h5-10,15-18,25,27-28H,11-14H2,1-4H3/t25-/m0/s1. The van der Waals surface area contributed by atoms with Gasteiger partial charge in [-0.15, -0.1) is 0 Å². The number of H-pyrrole nitrogens is 1. The molecule has 2 N–H and O–H groups in total. The summed E-state index contributed by atoms with van der Waals surface area (Å²) < 4.78 is 39.1. The summed E-state index contributed by atoms with van der Waals surface area (Å²) in [7, 11) is -0.679. The Morgan fingerprint density at radius 3 is 2.26 bits per heavy atom. The lowest BCUT2D eigenvalue weighted by atomic mass is 9.88. The van der Waals surface area contributed by atoms with Gasteiger partial charge in [0.15, 0.2) is 0 Å². The molecule has 2 aromatic carbocycles. The smallest absolute Gasteiger partial charge is 0.241 e. The van der Waals surface area contributed by atoms with Crippen molar-refractivity contribution in [1.82, 2.24) is 14.6 Å². The number of amides is 1. The number of likely N-dealkylation sites (tertiary alicyclic amines) is 1. The lowest BCUT2D eigenvalue weighted by molar-refractivity contribution is -0.135. The molecule has 1 saturated heterocycles. The molecule has 1 atom stereocenters. The van der Waals surface area contributed by atoms with Gasteiger partial charge in [-0.1, -0.05) is 13.8 Å². The first kappa shape index (κ1) is 25.1. The fraction of sp³-hybridized carbons (Fsp3) is 0.423. The molecule has 3 aromatic rings. The van der Waals surface area contributed by atoms with Crippen LogP contribution in [-0.4, -0.2) is 57.6 Å². The van der Waals surface area contributed by atoms with Crippen molar-refractivity contribution in [3.05, 3.63) is 54.2 Å². The minimum atomic E-state index is -3.86. The highest BCUT2D eigenvalue weighted by molar-refractivity contribution is 7.89. The highest BCUT2D eigenvalue weighted by Gasteiger charge is 2.34. The van der Waals surface area contributed by atoms with Crippen LogP contribution in [0.5, 0.6) is 11.5 Å². The lowest BCUT2D eigenvalue weighted by Gasteiger charge is -2.35. The Labute approximate surface area is 206 Å². The van der Waals surface area contributed by atoms with Crippen LogP contribution in [0.15, 0.2) is 53.6 Å². The number of hydrogen-bond donors (Lipinski definition) is 2. The highest BCUT2D eigenvalue weighted by atomic mass is 32.2. The van der Waals surface area contributed by atoms with E-state index in [9.17, 15) is 13.2 Å². The predicted molar refractivity (Wildman–Crippen MR) is 135 cm³/mol. The molecule has 1 aliphatic rings. The third kappa shape index (κ3) is 5.31. The van der Waals surface area contributed by atoms with Crippen LogP contribution < -0.4 is 14.2 Å². The topological polar surface area (TPSA) is 101 Å². The van der Waals surface area contributed by atoms with Crippen molar-refractivity contribution in [1.29, 1.82) is 0 Å².